The molecule has 0 unspecified atom stereocenters. The summed E-state index contributed by atoms with van der Waals surface area (Å²) in [6.07, 6.45) is 0. The lowest BCUT2D eigenvalue weighted by molar-refractivity contribution is -0.437. The van der Waals surface area contributed by atoms with Gasteiger partial charge in [0.25, 0.3) is 0 Å². The quantitative estimate of drug-likeness (QED) is 0.457. The molecule has 2 atom stereocenters. The van der Waals surface area contributed by atoms with Crippen molar-refractivity contribution < 1.29 is 43.9 Å². The SMILES string of the molecule is FC1(F)C(F)(F)C(F)(F)[C@](F)(Cl)[C@@](F)(Cl)C1(F)F. The summed E-state index contributed by atoms with van der Waals surface area (Å²) in [4.78, 5) is 0. The van der Waals surface area contributed by atoms with Crippen LogP contribution in [0.3, 0.4) is 0 Å². The molecule has 0 aliphatic heterocycles. The minimum Gasteiger partial charge on any atom is -0.214 e. The maximum absolute atomic E-state index is 13.0. The predicted octanol–water partition coefficient (Wildman–Crippen LogP) is 4.35. The Kier molecular flexibility index (Phi) is 2.93. The number of hydrogen-bond donors (Lipinski definition) is 0. The Bertz CT molecular complexity index is 256. The Labute approximate surface area is 102 Å². The van der Waals surface area contributed by atoms with E-state index in [1.165, 1.54) is 0 Å². The van der Waals surface area contributed by atoms with Crippen molar-refractivity contribution in [3.8, 4) is 0 Å². The fourth-order valence-electron chi connectivity index (χ4n) is 1.18. The molecule has 0 saturated heterocycles. The maximum atomic E-state index is 13.0. The Hall–Kier alpha value is -0.120. The lowest BCUT2D eigenvalue weighted by Crippen LogP contribution is -2.81. The van der Waals surface area contributed by atoms with Crippen LogP contribution in [0.5, 0.6) is 0 Å². The average Bonchev–Trinajstić information content (AvgIpc) is 2.14. The van der Waals surface area contributed by atoms with Gasteiger partial charge in [0.15, 0.2) is 0 Å². The van der Waals surface area contributed by atoms with Crippen LogP contribution in [-0.4, -0.2) is 33.9 Å². The van der Waals surface area contributed by atoms with Crippen molar-refractivity contribution in [3.05, 3.63) is 0 Å². The van der Waals surface area contributed by atoms with Crippen molar-refractivity contribution in [2.24, 2.45) is 0 Å². The first kappa shape index (κ1) is 15.9. The highest BCUT2D eigenvalue weighted by Crippen LogP contribution is 2.71. The Morgan fingerprint density at radius 2 is 0.556 bits per heavy atom. The Morgan fingerprint density at radius 1 is 0.389 bits per heavy atom. The van der Waals surface area contributed by atoms with Gasteiger partial charge in [0.2, 0.25) is 0 Å². The van der Waals surface area contributed by atoms with Crippen LogP contribution in [-0.2, 0) is 0 Å². The monoisotopic (exact) mass is 332 g/mol. The van der Waals surface area contributed by atoms with Crippen molar-refractivity contribution in [2.45, 2.75) is 33.9 Å². The summed E-state index contributed by atoms with van der Waals surface area (Å²) in [6.45, 7) is 0. The van der Waals surface area contributed by atoms with Gasteiger partial charge in [-0.2, -0.15) is 35.1 Å². The topological polar surface area (TPSA) is 0 Å². The van der Waals surface area contributed by atoms with Gasteiger partial charge >= 0.3 is 33.9 Å². The van der Waals surface area contributed by atoms with Gasteiger partial charge in [0.05, 0.1) is 0 Å². The van der Waals surface area contributed by atoms with E-state index in [2.05, 4.69) is 23.2 Å². The summed E-state index contributed by atoms with van der Waals surface area (Å²) >= 11 is 7.87. The third-order valence-corrected chi connectivity index (χ3v) is 3.46. The Balaban J connectivity index is 3.72. The predicted molar refractivity (Wildman–Crippen MR) is 39.2 cm³/mol. The molecule has 108 valence electrons. The summed E-state index contributed by atoms with van der Waals surface area (Å²) in [5.41, 5.74) is 0. The molecule has 0 N–H and O–H groups in total. The maximum Gasteiger partial charge on any atom is 0.383 e. The second-order valence-corrected chi connectivity index (χ2v) is 4.49. The van der Waals surface area contributed by atoms with Gasteiger partial charge in [-0.15, -0.1) is 0 Å². The molecule has 0 amide bonds. The molecule has 1 fully saturated rings. The van der Waals surface area contributed by atoms with E-state index in [0.717, 1.165) is 0 Å². The molecule has 1 aliphatic rings. The summed E-state index contributed by atoms with van der Waals surface area (Å²) in [5.74, 6) is -27.3. The van der Waals surface area contributed by atoms with E-state index in [9.17, 15) is 43.9 Å². The lowest BCUT2D eigenvalue weighted by atomic mass is 9.82. The van der Waals surface area contributed by atoms with E-state index in [0.29, 0.717) is 0 Å². The molecule has 0 spiro atoms. The first-order valence-corrected chi connectivity index (χ1v) is 4.52. The number of hydrogen-bond acceptors (Lipinski definition) is 0. The van der Waals surface area contributed by atoms with E-state index < -0.39 is 33.9 Å². The first-order valence-electron chi connectivity index (χ1n) is 3.77. The molecule has 1 rings (SSSR count). The number of rotatable bonds is 0. The molecule has 18 heavy (non-hydrogen) atoms. The molecule has 0 bridgehead atoms. The van der Waals surface area contributed by atoms with Crippen molar-refractivity contribution in [3.63, 3.8) is 0 Å². The third kappa shape index (κ3) is 1.21. The van der Waals surface area contributed by atoms with Gasteiger partial charge in [0.1, 0.15) is 0 Å². The van der Waals surface area contributed by atoms with Gasteiger partial charge in [-0.25, -0.2) is 8.78 Å². The molecular formula is C6Cl2F10. The second kappa shape index (κ2) is 3.31. The van der Waals surface area contributed by atoms with Crippen LogP contribution in [0.15, 0.2) is 0 Å². The van der Waals surface area contributed by atoms with Gasteiger partial charge in [0, 0.05) is 0 Å². The molecule has 1 saturated carbocycles. The van der Waals surface area contributed by atoms with Crippen molar-refractivity contribution >= 4 is 23.2 Å². The zero-order valence-corrected chi connectivity index (χ0v) is 9.05. The lowest BCUT2D eigenvalue weighted by Gasteiger charge is -2.51. The van der Waals surface area contributed by atoms with Crippen LogP contribution in [0, 0.1) is 0 Å². The summed E-state index contributed by atoms with van der Waals surface area (Å²) in [5, 5.41) is -11.9. The van der Waals surface area contributed by atoms with Crippen LogP contribution >= 0.6 is 23.2 Å². The largest absolute Gasteiger partial charge is 0.383 e. The molecule has 0 aromatic carbocycles. The van der Waals surface area contributed by atoms with Gasteiger partial charge in [-0.1, -0.05) is 23.2 Å². The molecular weight excluding hydrogens is 333 g/mol. The summed E-state index contributed by atoms with van der Waals surface area (Å²) in [6, 6.07) is 0. The summed E-state index contributed by atoms with van der Waals surface area (Å²) < 4.78 is 127. The first-order chi connectivity index (χ1) is 7.50. The van der Waals surface area contributed by atoms with E-state index in [1.54, 1.807) is 0 Å². The van der Waals surface area contributed by atoms with Crippen LogP contribution in [0.4, 0.5) is 43.9 Å². The minimum absolute atomic E-state index is 3.93. The van der Waals surface area contributed by atoms with Crippen LogP contribution in [0.25, 0.3) is 0 Å². The average molecular weight is 333 g/mol. The third-order valence-electron chi connectivity index (χ3n) is 2.37. The second-order valence-electron chi connectivity index (χ2n) is 3.45. The molecule has 0 heterocycles. The van der Waals surface area contributed by atoms with Gasteiger partial charge in [-0.05, 0) is 0 Å². The van der Waals surface area contributed by atoms with Crippen LogP contribution in [0.1, 0.15) is 0 Å². The zero-order valence-electron chi connectivity index (χ0n) is 7.54. The van der Waals surface area contributed by atoms with E-state index >= 15 is 0 Å². The van der Waals surface area contributed by atoms with Crippen molar-refractivity contribution in [2.75, 3.05) is 0 Å². The fourth-order valence-corrected chi connectivity index (χ4v) is 1.66. The van der Waals surface area contributed by atoms with E-state index in [-0.39, 0.29) is 0 Å². The Morgan fingerprint density at radius 3 is 0.722 bits per heavy atom. The molecule has 1 aliphatic carbocycles. The standard InChI is InChI=1S/C6Cl2F10/c7-1(9)2(8,10)4(13,14)6(17,18)5(15,16)3(1,11)12/t1-,2-/m0/s1. The van der Waals surface area contributed by atoms with E-state index in [1.807, 2.05) is 0 Å². The highest BCUT2D eigenvalue weighted by Gasteiger charge is 3.00. The van der Waals surface area contributed by atoms with Crippen molar-refractivity contribution in [1.29, 1.82) is 0 Å². The number of halogens is 12. The van der Waals surface area contributed by atoms with E-state index in [4.69, 9.17) is 0 Å². The zero-order chi connectivity index (χ0) is 15.0. The smallest absolute Gasteiger partial charge is 0.214 e. The van der Waals surface area contributed by atoms with Crippen molar-refractivity contribution in [1.82, 2.24) is 0 Å². The van der Waals surface area contributed by atoms with Gasteiger partial charge in [-0.3, -0.25) is 0 Å². The molecule has 0 nitrogen and oxygen atoms in total. The molecule has 12 heteroatoms. The highest BCUT2D eigenvalue weighted by atomic mass is 35.5. The van der Waals surface area contributed by atoms with Crippen LogP contribution in [0.2, 0.25) is 0 Å². The van der Waals surface area contributed by atoms with Gasteiger partial charge < -0.3 is 0 Å². The molecule has 0 radical (unpaired) electrons. The molecule has 0 aromatic heterocycles. The number of alkyl halides is 12. The summed E-state index contributed by atoms with van der Waals surface area (Å²) in [7, 11) is 0. The van der Waals surface area contributed by atoms with Crippen LogP contribution < -0.4 is 0 Å². The minimum atomic E-state index is -6.95. The fraction of sp³-hybridized carbons (Fsp3) is 1.00. The highest BCUT2D eigenvalue weighted by molar-refractivity contribution is 6.34. The normalized spacial score (nSPS) is 44.7. The molecule has 0 aromatic rings.